The van der Waals surface area contributed by atoms with Gasteiger partial charge in [-0.05, 0) is 35.6 Å². The van der Waals surface area contributed by atoms with Crippen LogP contribution in [0.15, 0.2) is 78.9 Å². The molecule has 5 rings (SSSR count). The Morgan fingerprint density at radius 2 is 1.58 bits per heavy atom. The standard InChI is InChI=1S/C27H24N4O5/c32-23(16-31-25(34)27(28-26(31)35)15-14-19-10-4-6-12-21(19)27)29-30-24(33)17-36-22-13-7-5-11-20(22)18-8-2-1-3-9-18/h1-13H,14-17H2,(H,28,35)(H,29,32)(H,30,33). The van der Waals surface area contributed by atoms with Crippen LogP contribution in [-0.4, -0.2) is 41.8 Å². The van der Waals surface area contributed by atoms with Crippen molar-refractivity contribution < 1.29 is 23.9 Å². The highest BCUT2D eigenvalue weighted by Gasteiger charge is 2.55. The van der Waals surface area contributed by atoms with Crippen LogP contribution in [0.5, 0.6) is 5.75 Å². The van der Waals surface area contributed by atoms with E-state index in [2.05, 4.69) is 16.2 Å². The number of hydrogen-bond acceptors (Lipinski definition) is 5. The topological polar surface area (TPSA) is 117 Å². The van der Waals surface area contributed by atoms with Gasteiger partial charge in [-0.25, -0.2) is 4.79 Å². The van der Waals surface area contributed by atoms with E-state index < -0.39 is 35.8 Å². The van der Waals surface area contributed by atoms with Crippen molar-refractivity contribution in [3.8, 4) is 16.9 Å². The molecular formula is C27H24N4O5. The lowest BCUT2D eigenvalue weighted by Crippen LogP contribution is -2.49. The minimum Gasteiger partial charge on any atom is -0.483 e. The largest absolute Gasteiger partial charge is 0.483 e. The SMILES string of the molecule is O=C(COc1ccccc1-c1ccccc1)NNC(=O)CN1C(=O)NC2(CCc3ccccc32)C1=O. The zero-order valence-corrected chi connectivity index (χ0v) is 19.3. The van der Waals surface area contributed by atoms with Gasteiger partial charge in [0.2, 0.25) is 0 Å². The van der Waals surface area contributed by atoms with Crippen molar-refractivity contribution >= 4 is 23.8 Å². The van der Waals surface area contributed by atoms with Gasteiger partial charge in [-0.2, -0.15) is 0 Å². The summed E-state index contributed by atoms with van der Waals surface area (Å²) in [7, 11) is 0. The lowest BCUT2D eigenvalue weighted by molar-refractivity contribution is -0.136. The van der Waals surface area contributed by atoms with Gasteiger partial charge in [-0.15, -0.1) is 0 Å². The number of imide groups is 1. The van der Waals surface area contributed by atoms with E-state index in [1.165, 1.54) is 0 Å². The molecule has 3 N–H and O–H groups in total. The highest BCUT2D eigenvalue weighted by atomic mass is 16.5. The van der Waals surface area contributed by atoms with Gasteiger partial charge in [0.05, 0.1) is 0 Å². The first-order chi connectivity index (χ1) is 17.5. The zero-order valence-electron chi connectivity index (χ0n) is 19.3. The second kappa shape index (κ2) is 9.53. The Hall–Kier alpha value is -4.66. The number of para-hydroxylation sites is 1. The number of rotatable bonds is 6. The summed E-state index contributed by atoms with van der Waals surface area (Å²) in [5.74, 6) is -1.25. The van der Waals surface area contributed by atoms with E-state index in [-0.39, 0.29) is 6.61 Å². The molecule has 1 aliphatic carbocycles. The second-order valence-corrected chi connectivity index (χ2v) is 8.63. The van der Waals surface area contributed by atoms with E-state index in [9.17, 15) is 19.2 Å². The Kier molecular flexibility index (Phi) is 6.12. The summed E-state index contributed by atoms with van der Waals surface area (Å²) in [4.78, 5) is 51.2. The summed E-state index contributed by atoms with van der Waals surface area (Å²) in [6.07, 6.45) is 1.10. The van der Waals surface area contributed by atoms with Gasteiger partial charge < -0.3 is 10.1 Å². The summed E-state index contributed by atoms with van der Waals surface area (Å²) in [5.41, 5.74) is 6.88. The van der Waals surface area contributed by atoms with Crippen LogP contribution in [0, 0.1) is 0 Å². The van der Waals surface area contributed by atoms with Crippen LogP contribution in [0.25, 0.3) is 11.1 Å². The smallest absolute Gasteiger partial charge is 0.325 e. The number of hydrogen-bond donors (Lipinski definition) is 3. The van der Waals surface area contributed by atoms with Gasteiger partial charge in [0.1, 0.15) is 17.8 Å². The quantitative estimate of drug-likeness (QED) is 0.367. The minimum atomic E-state index is -1.14. The molecule has 3 aromatic rings. The van der Waals surface area contributed by atoms with Crippen LogP contribution >= 0.6 is 0 Å². The summed E-state index contributed by atoms with van der Waals surface area (Å²) < 4.78 is 5.66. The number of aryl methyl sites for hydroxylation is 1. The molecule has 0 radical (unpaired) electrons. The lowest BCUT2D eigenvalue weighted by atomic mass is 9.92. The van der Waals surface area contributed by atoms with Crippen molar-refractivity contribution in [2.45, 2.75) is 18.4 Å². The van der Waals surface area contributed by atoms with Crippen LogP contribution in [0.4, 0.5) is 4.79 Å². The number of hydrazine groups is 1. The Morgan fingerprint density at radius 3 is 2.42 bits per heavy atom. The number of nitrogens with zero attached hydrogens (tertiary/aromatic N) is 1. The van der Waals surface area contributed by atoms with Crippen molar-refractivity contribution in [3.63, 3.8) is 0 Å². The zero-order chi connectivity index (χ0) is 25.1. The average molecular weight is 485 g/mol. The van der Waals surface area contributed by atoms with Gasteiger partial charge in [0.25, 0.3) is 17.7 Å². The van der Waals surface area contributed by atoms with Crippen LogP contribution in [-0.2, 0) is 26.3 Å². The number of benzene rings is 3. The number of carbonyl (C=O) groups is 4. The first-order valence-corrected chi connectivity index (χ1v) is 11.6. The van der Waals surface area contributed by atoms with E-state index in [0.29, 0.717) is 18.6 Å². The second-order valence-electron chi connectivity index (χ2n) is 8.63. The van der Waals surface area contributed by atoms with Crippen LogP contribution < -0.4 is 20.9 Å². The minimum absolute atomic E-state index is 0.340. The first-order valence-electron chi connectivity index (χ1n) is 11.6. The van der Waals surface area contributed by atoms with Crippen molar-refractivity contribution in [2.24, 2.45) is 0 Å². The number of ether oxygens (including phenoxy) is 1. The number of amides is 5. The predicted molar refractivity (Wildman–Crippen MR) is 130 cm³/mol. The fraction of sp³-hybridized carbons (Fsp3) is 0.185. The number of fused-ring (bicyclic) bond motifs is 2. The van der Waals surface area contributed by atoms with E-state index in [0.717, 1.165) is 27.2 Å². The molecule has 1 atom stereocenters. The molecule has 0 saturated carbocycles. The first kappa shape index (κ1) is 23.1. The lowest BCUT2D eigenvalue weighted by Gasteiger charge is -2.22. The van der Waals surface area contributed by atoms with Gasteiger partial charge in [0.15, 0.2) is 6.61 Å². The molecule has 1 heterocycles. The maximum Gasteiger partial charge on any atom is 0.325 e. The Balaban J connectivity index is 1.15. The molecule has 0 aromatic heterocycles. The van der Waals surface area contributed by atoms with E-state index in [4.69, 9.17) is 4.74 Å². The molecule has 1 fully saturated rings. The maximum atomic E-state index is 13.1. The molecule has 1 spiro atoms. The van der Waals surface area contributed by atoms with Crippen LogP contribution in [0.1, 0.15) is 17.5 Å². The Labute approximate surface area is 207 Å². The molecule has 36 heavy (non-hydrogen) atoms. The summed E-state index contributed by atoms with van der Waals surface area (Å²) in [6, 6.07) is 23.7. The van der Waals surface area contributed by atoms with Crippen LogP contribution in [0.3, 0.4) is 0 Å². The molecular weight excluding hydrogens is 460 g/mol. The third kappa shape index (κ3) is 4.26. The van der Waals surface area contributed by atoms with Crippen molar-refractivity contribution in [3.05, 3.63) is 90.0 Å². The third-order valence-electron chi connectivity index (χ3n) is 6.40. The molecule has 1 saturated heterocycles. The number of nitrogens with one attached hydrogen (secondary N) is 3. The Morgan fingerprint density at radius 1 is 0.889 bits per heavy atom. The van der Waals surface area contributed by atoms with Crippen molar-refractivity contribution in [1.29, 1.82) is 0 Å². The van der Waals surface area contributed by atoms with Gasteiger partial charge in [-0.1, -0.05) is 72.8 Å². The fourth-order valence-electron chi connectivity index (χ4n) is 4.68. The summed E-state index contributed by atoms with van der Waals surface area (Å²) in [5, 5.41) is 2.76. The molecule has 9 nitrogen and oxygen atoms in total. The summed E-state index contributed by atoms with van der Waals surface area (Å²) in [6.45, 7) is -0.861. The van der Waals surface area contributed by atoms with Crippen LogP contribution in [0.2, 0.25) is 0 Å². The molecule has 5 amide bonds. The summed E-state index contributed by atoms with van der Waals surface area (Å²) >= 11 is 0. The highest BCUT2D eigenvalue weighted by molar-refractivity contribution is 6.10. The molecule has 1 unspecified atom stereocenters. The maximum absolute atomic E-state index is 13.1. The fourth-order valence-corrected chi connectivity index (χ4v) is 4.68. The van der Waals surface area contributed by atoms with Crippen molar-refractivity contribution in [2.75, 3.05) is 13.2 Å². The van der Waals surface area contributed by atoms with Gasteiger partial charge in [-0.3, -0.25) is 30.1 Å². The average Bonchev–Trinajstić information content (AvgIpc) is 3.39. The third-order valence-corrected chi connectivity index (χ3v) is 6.40. The predicted octanol–water partition coefficient (Wildman–Crippen LogP) is 2.27. The monoisotopic (exact) mass is 484 g/mol. The van der Waals surface area contributed by atoms with Crippen molar-refractivity contribution in [1.82, 2.24) is 21.1 Å². The van der Waals surface area contributed by atoms with Gasteiger partial charge >= 0.3 is 6.03 Å². The normalized spacial score (nSPS) is 18.1. The van der Waals surface area contributed by atoms with E-state index >= 15 is 0 Å². The molecule has 2 aliphatic rings. The van der Waals surface area contributed by atoms with E-state index in [1.54, 1.807) is 12.1 Å². The number of urea groups is 1. The Bertz CT molecular complexity index is 1340. The highest BCUT2D eigenvalue weighted by Crippen LogP contribution is 2.41. The van der Waals surface area contributed by atoms with E-state index in [1.807, 2.05) is 66.7 Å². The van der Waals surface area contributed by atoms with Gasteiger partial charge in [0, 0.05) is 5.56 Å². The molecule has 0 bridgehead atoms. The molecule has 182 valence electrons. The molecule has 9 heteroatoms. The number of carbonyl (C=O) groups excluding carboxylic acids is 4. The molecule has 1 aliphatic heterocycles. The molecule has 3 aromatic carbocycles.